The van der Waals surface area contributed by atoms with Crippen LogP contribution in [0.3, 0.4) is 0 Å². The lowest BCUT2D eigenvalue weighted by Crippen LogP contribution is -2.46. The van der Waals surface area contributed by atoms with E-state index in [1.165, 1.54) is 18.3 Å². The van der Waals surface area contributed by atoms with Crippen LogP contribution in [-0.4, -0.2) is 52.1 Å². The third-order valence-corrected chi connectivity index (χ3v) is 6.50. The second-order valence-electron chi connectivity index (χ2n) is 8.01. The van der Waals surface area contributed by atoms with Crippen molar-refractivity contribution in [2.75, 3.05) is 31.1 Å². The molecule has 1 aromatic carbocycles. The van der Waals surface area contributed by atoms with E-state index in [2.05, 4.69) is 14.9 Å². The van der Waals surface area contributed by atoms with Crippen molar-refractivity contribution < 1.29 is 13.6 Å². The summed E-state index contributed by atoms with van der Waals surface area (Å²) >= 11 is 5.95. The van der Waals surface area contributed by atoms with Gasteiger partial charge in [-0.1, -0.05) is 11.6 Å². The number of hydrogen-bond donors (Lipinski definition) is 0. The van der Waals surface area contributed by atoms with Crippen LogP contribution in [0.5, 0.6) is 0 Å². The van der Waals surface area contributed by atoms with Gasteiger partial charge in [-0.25, -0.2) is 18.8 Å². The van der Waals surface area contributed by atoms with E-state index in [-0.39, 0.29) is 11.9 Å². The number of nitrogens with zero attached hydrogens (tertiary/aromatic N) is 5. The van der Waals surface area contributed by atoms with Gasteiger partial charge in [0, 0.05) is 32.2 Å². The van der Waals surface area contributed by atoms with Gasteiger partial charge in [-0.05, 0) is 37.0 Å². The fraction of sp³-hybridized carbons (Fsp3) is 0.450. The molecule has 3 aliphatic rings. The first-order chi connectivity index (χ1) is 13.9. The minimum absolute atomic E-state index is 0.0569. The first kappa shape index (κ1) is 18.7. The summed E-state index contributed by atoms with van der Waals surface area (Å²) in [6.45, 7) is 2.72. The quantitative estimate of drug-likeness (QED) is 0.748. The molecule has 1 aromatic heterocycles. The van der Waals surface area contributed by atoms with E-state index in [1.54, 1.807) is 11.2 Å². The molecule has 0 N–H and O–H groups in total. The van der Waals surface area contributed by atoms with Crippen molar-refractivity contribution in [3.8, 4) is 0 Å². The minimum atomic E-state index is -0.615. The number of carbonyl (C=O) groups excluding carboxylic acids is 1. The van der Waals surface area contributed by atoms with Gasteiger partial charge in [0.15, 0.2) is 0 Å². The van der Waals surface area contributed by atoms with Crippen LogP contribution >= 0.6 is 11.6 Å². The number of anilines is 1. The Morgan fingerprint density at radius 2 is 1.79 bits per heavy atom. The number of halogens is 3. The summed E-state index contributed by atoms with van der Waals surface area (Å²) in [5.41, 5.74) is 0.0505. The Kier molecular flexibility index (Phi) is 4.43. The number of amides is 1. The molecule has 3 aliphatic heterocycles. The molecule has 1 amide bonds. The van der Waals surface area contributed by atoms with Crippen LogP contribution in [0.2, 0.25) is 5.15 Å². The molecular weight excluding hydrogens is 400 g/mol. The molecule has 4 heterocycles. The highest BCUT2D eigenvalue weighted by atomic mass is 35.5. The molecule has 1 atom stereocenters. The molecule has 5 rings (SSSR count). The van der Waals surface area contributed by atoms with Crippen LogP contribution in [0.25, 0.3) is 0 Å². The number of rotatable bonds is 2. The fourth-order valence-corrected chi connectivity index (χ4v) is 5.02. The molecule has 0 unspecified atom stereocenters. The van der Waals surface area contributed by atoms with Crippen molar-refractivity contribution in [2.45, 2.75) is 25.3 Å². The van der Waals surface area contributed by atoms with Crippen molar-refractivity contribution in [2.24, 2.45) is 5.41 Å². The largest absolute Gasteiger partial charge is 0.355 e. The molecule has 152 valence electrons. The maximum Gasteiger partial charge on any atom is 0.245 e. The summed E-state index contributed by atoms with van der Waals surface area (Å²) in [5, 5.41) is 4.13. The van der Waals surface area contributed by atoms with Crippen LogP contribution in [0.4, 0.5) is 14.6 Å². The average molecular weight is 420 g/mol. The van der Waals surface area contributed by atoms with Crippen molar-refractivity contribution in [3.05, 3.63) is 52.9 Å². The Hall–Kier alpha value is -2.32. The van der Waals surface area contributed by atoms with Crippen LogP contribution in [-0.2, 0) is 4.79 Å². The van der Waals surface area contributed by atoms with Crippen LogP contribution in [0.15, 0.2) is 30.6 Å². The van der Waals surface area contributed by atoms with Gasteiger partial charge in [-0.3, -0.25) is 14.8 Å². The average Bonchev–Trinajstić information content (AvgIpc) is 3.20. The van der Waals surface area contributed by atoms with E-state index in [0.29, 0.717) is 62.0 Å². The number of piperidine rings is 1. The van der Waals surface area contributed by atoms with Crippen molar-refractivity contribution in [1.29, 1.82) is 0 Å². The van der Waals surface area contributed by atoms with Gasteiger partial charge in [-0.15, -0.1) is 0 Å². The Morgan fingerprint density at radius 3 is 2.48 bits per heavy atom. The number of carbonyl (C=O) groups is 1. The first-order valence-corrected chi connectivity index (χ1v) is 10.1. The van der Waals surface area contributed by atoms with Gasteiger partial charge >= 0.3 is 0 Å². The second kappa shape index (κ2) is 6.88. The van der Waals surface area contributed by atoms with E-state index < -0.39 is 17.0 Å². The van der Waals surface area contributed by atoms with Gasteiger partial charge in [0.2, 0.25) is 5.91 Å². The summed E-state index contributed by atoms with van der Waals surface area (Å²) in [5.74, 6) is -0.459. The first-order valence-electron chi connectivity index (χ1n) is 9.72. The summed E-state index contributed by atoms with van der Waals surface area (Å²) in [6.07, 6.45) is 5.23. The number of benzene rings is 1. The Morgan fingerprint density at radius 1 is 1.07 bits per heavy atom. The van der Waals surface area contributed by atoms with E-state index in [9.17, 15) is 13.6 Å². The summed E-state index contributed by atoms with van der Waals surface area (Å²) < 4.78 is 27.4. The monoisotopic (exact) mass is 419 g/mol. The molecule has 29 heavy (non-hydrogen) atoms. The smallest absolute Gasteiger partial charge is 0.245 e. The number of aromatic nitrogens is 2. The maximum absolute atomic E-state index is 13.7. The number of hydrogen-bond acceptors (Lipinski definition) is 5. The summed E-state index contributed by atoms with van der Waals surface area (Å²) in [7, 11) is 0. The van der Waals surface area contributed by atoms with E-state index in [4.69, 9.17) is 11.6 Å². The standard InChI is InChI=1S/C20H20ClF2N5O/c21-17-10-24-11-18(25-17)26-5-2-20(3-6-26)12-27-4-1-16(28(27)19(20)29)13-7-14(22)9-15(23)8-13/h7-11,16H,1-6,12H2/t16-/m0/s1. The molecule has 2 aromatic rings. The topological polar surface area (TPSA) is 52.6 Å². The second-order valence-corrected chi connectivity index (χ2v) is 8.40. The lowest BCUT2D eigenvalue weighted by atomic mass is 9.77. The maximum atomic E-state index is 13.7. The highest BCUT2D eigenvalue weighted by Crippen LogP contribution is 2.47. The van der Waals surface area contributed by atoms with Crippen molar-refractivity contribution in [3.63, 3.8) is 0 Å². The SMILES string of the molecule is O=C1N2[C@H](c3cc(F)cc(F)c3)CCN2CC12CCN(c1cncc(Cl)n1)CC2. The molecule has 3 fully saturated rings. The summed E-state index contributed by atoms with van der Waals surface area (Å²) in [4.78, 5) is 23.9. The highest BCUT2D eigenvalue weighted by molar-refractivity contribution is 6.29. The highest BCUT2D eigenvalue weighted by Gasteiger charge is 2.56. The third kappa shape index (κ3) is 3.14. The van der Waals surface area contributed by atoms with E-state index in [1.807, 2.05) is 5.01 Å². The van der Waals surface area contributed by atoms with Crippen LogP contribution in [0, 0.1) is 17.0 Å². The molecule has 0 radical (unpaired) electrons. The number of fused-ring (bicyclic) bond motifs is 1. The Labute approximate surface area is 172 Å². The predicted octanol–water partition coefficient (Wildman–Crippen LogP) is 3.20. The molecule has 9 heteroatoms. The molecule has 0 saturated carbocycles. The van der Waals surface area contributed by atoms with Crippen molar-refractivity contribution >= 4 is 23.3 Å². The predicted molar refractivity (Wildman–Crippen MR) is 103 cm³/mol. The molecule has 0 bridgehead atoms. The van der Waals surface area contributed by atoms with Gasteiger partial charge in [0.1, 0.15) is 22.6 Å². The fourth-order valence-electron chi connectivity index (χ4n) is 4.88. The molecule has 1 spiro atoms. The summed E-state index contributed by atoms with van der Waals surface area (Å²) in [6, 6.07) is 3.20. The molecule has 6 nitrogen and oxygen atoms in total. The Bertz CT molecular complexity index is 945. The van der Waals surface area contributed by atoms with Gasteiger partial charge in [-0.2, -0.15) is 0 Å². The van der Waals surface area contributed by atoms with E-state index in [0.717, 1.165) is 6.07 Å². The Balaban J connectivity index is 1.35. The zero-order valence-electron chi connectivity index (χ0n) is 15.7. The van der Waals surface area contributed by atoms with Gasteiger partial charge in [0.25, 0.3) is 0 Å². The zero-order valence-corrected chi connectivity index (χ0v) is 16.4. The van der Waals surface area contributed by atoms with Gasteiger partial charge in [0.05, 0.1) is 23.9 Å². The molecule has 3 saturated heterocycles. The number of hydrazine groups is 1. The van der Waals surface area contributed by atoms with Crippen LogP contribution < -0.4 is 4.90 Å². The third-order valence-electron chi connectivity index (χ3n) is 6.31. The molecular formula is C20H20ClF2N5O. The lowest BCUT2D eigenvalue weighted by molar-refractivity contribution is -0.143. The van der Waals surface area contributed by atoms with Crippen LogP contribution in [0.1, 0.15) is 30.9 Å². The minimum Gasteiger partial charge on any atom is -0.355 e. The van der Waals surface area contributed by atoms with E-state index >= 15 is 0 Å². The van der Waals surface area contributed by atoms with Crippen molar-refractivity contribution in [1.82, 2.24) is 20.0 Å². The normalized spacial score (nSPS) is 23.8. The van der Waals surface area contributed by atoms with Gasteiger partial charge < -0.3 is 4.90 Å². The molecule has 0 aliphatic carbocycles. The zero-order chi connectivity index (χ0) is 20.2. The lowest BCUT2D eigenvalue weighted by Gasteiger charge is -2.38.